The molecule has 1 aliphatic rings. The van der Waals surface area contributed by atoms with E-state index in [1.54, 1.807) is 12.1 Å². The van der Waals surface area contributed by atoms with Gasteiger partial charge in [0.25, 0.3) is 0 Å². The normalized spacial score (nSPS) is 26.6. The fourth-order valence-electron chi connectivity index (χ4n) is 1.72. The molecule has 82 valence electrons. The Morgan fingerprint density at radius 3 is 2.93 bits per heavy atom. The largest absolute Gasteiger partial charge is 0.306 e. The van der Waals surface area contributed by atoms with Gasteiger partial charge in [-0.1, -0.05) is 17.7 Å². The van der Waals surface area contributed by atoms with Gasteiger partial charge in [0.2, 0.25) is 0 Å². The van der Waals surface area contributed by atoms with E-state index in [9.17, 15) is 4.39 Å². The molecule has 1 nitrogen and oxygen atoms in total. The lowest BCUT2D eigenvalue weighted by atomic mass is 10.1. The Morgan fingerprint density at radius 1 is 1.47 bits per heavy atom. The van der Waals surface area contributed by atoms with E-state index in [1.165, 1.54) is 6.07 Å². The van der Waals surface area contributed by atoms with Crippen LogP contribution in [0.5, 0.6) is 0 Å². The lowest BCUT2D eigenvalue weighted by Crippen LogP contribution is -2.37. The predicted octanol–water partition coefficient (Wildman–Crippen LogP) is 3.25. The first kappa shape index (κ1) is 11.2. The number of benzene rings is 1. The molecule has 0 radical (unpaired) electrons. The van der Waals surface area contributed by atoms with Crippen molar-refractivity contribution in [2.45, 2.75) is 19.0 Å². The molecule has 0 aliphatic carbocycles. The van der Waals surface area contributed by atoms with Gasteiger partial charge in [-0.2, -0.15) is 11.8 Å². The zero-order chi connectivity index (χ0) is 10.8. The number of hydrogen-bond donors (Lipinski definition) is 1. The summed E-state index contributed by atoms with van der Waals surface area (Å²) in [6.45, 7) is 2.16. The highest BCUT2D eigenvalue weighted by Gasteiger charge is 2.20. The van der Waals surface area contributed by atoms with Crippen LogP contribution in [0.1, 0.15) is 18.5 Å². The lowest BCUT2D eigenvalue weighted by Gasteiger charge is -2.28. The van der Waals surface area contributed by atoms with Gasteiger partial charge in [0.05, 0.1) is 5.02 Å². The van der Waals surface area contributed by atoms with Crippen molar-refractivity contribution in [1.29, 1.82) is 0 Å². The van der Waals surface area contributed by atoms with Gasteiger partial charge in [-0.05, 0) is 24.6 Å². The van der Waals surface area contributed by atoms with E-state index >= 15 is 0 Å². The van der Waals surface area contributed by atoms with Crippen molar-refractivity contribution in [2.75, 3.05) is 11.5 Å². The molecule has 1 aromatic carbocycles. The number of halogens is 2. The minimum atomic E-state index is -0.350. The summed E-state index contributed by atoms with van der Waals surface area (Å²) < 4.78 is 13.0. The zero-order valence-corrected chi connectivity index (χ0v) is 10.0. The SMILES string of the molecule is CC1CSCC(c2ccc(F)c(Cl)c2)N1. The van der Waals surface area contributed by atoms with Crippen LogP contribution in [0.2, 0.25) is 5.02 Å². The zero-order valence-electron chi connectivity index (χ0n) is 8.47. The highest BCUT2D eigenvalue weighted by atomic mass is 35.5. The third-order valence-corrected chi connectivity index (χ3v) is 4.08. The van der Waals surface area contributed by atoms with Crippen LogP contribution >= 0.6 is 23.4 Å². The Bertz CT molecular complexity index is 358. The smallest absolute Gasteiger partial charge is 0.141 e. The van der Waals surface area contributed by atoms with Crippen molar-refractivity contribution >= 4 is 23.4 Å². The van der Waals surface area contributed by atoms with Crippen molar-refractivity contribution in [2.24, 2.45) is 0 Å². The molecule has 1 N–H and O–H groups in total. The van der Waals surface area contributed by atoms with Gasteiger partial charge in [0, 0.05) is 23.6 Å². The van der Waals surface area contributed by atoms with Crippen molar-refractivity contribution in [3.8, 4) is 0 Å². The van der Waals surface area contributed by atoms with Crippen LogP contribution in [-0.4, -0.2) is 17.5 Å². The topological polar surface area (TPSA) is 12.0 Å². The van der Waals surface area contributed by atoms with Crippen molar-refractivity contribution in [3.05, 3.63) is 34.6 Å². The number of hydrogen-bond acceptors (Lipinski definition) is 2. The second-order valence-corrected chi connectivity index (χ2v) is 5.31. The van der Waals surface area contributed by atoms with Crippen LogP contribution in [0.25, 0.3) is 0 Å². The summed E-state index contributed by atoms with van der Waals surface area (Å²) in [4.78, 5) is 0. The molecule has 0 spiro atoms. The maximum Gasteiger partial charge on any atom is 0.141 e. The summed E-state index contributed by atoms with van der Waals surface area (Å²) >= 11 is 7.68. The van der Waals surface area contributed by atoms with E-state index in [-0.39, 0.29) is 16.9 Å². The molecule has 0 bridgehead atoms. The van der Waals surface area contributed by atoms with Crippen LogP contribution in [0.3, 0.4) is 0 Å². The Labute approximate surface area is 98.4 Å². The van der Waals surface area contributed by atoms with Crippen LogP contribution in [-0.2, 0) is 0 Å². The second kappa shape index (κ2) is 4.73. The molecule has 1 heterocycles. The average Bonchev–Trinajstić information content (AvgIpc) is 2.22. The van der Waals surface area contributed by atoms with Gasteiger partial charge in [0.1, 0.15) is 5.82 Å². The molecule has 15 heavy (non-hydrogen) atoms. The van der Waals surface area contributed by atoms with Gasteiger partial charge >= 0.3 is 0 Å². The molecular weight excluding hydrogens is 233 g/mol. The molecule has 2 atom stereocenters. The fraction of sp³-hybridized carbons (Fsp3) is 0.455. The highest BCUT2D eigenvalue weighted by molar-refractivity contribution is 7.99. The number of rotatable bonds is 1. The molecule has 1 saturated heterocycles. The molecule has 0 saturated carbocycles. The minimum absolute atomic E-state index is 0.206. The van der Waals surface area contributed by atoms with Gasteiger partial charge in [-0.15, -0.1) is 0 Å². The van der Waals surface area contributed by atoms with E-state index in [4.69, 9.17) is 11.6 Å². The summed E-state index contributed by atoms with van der Waals surface area (Å²) in [5, 5.41) is 3.68. The Balaban J connectivity index is 2.18. The van der Waals surface area contributed by atoms with Gasteiger partial charge in [-0.3, -0.25) is 0 Å². The quantitative estimate of drug-likeness (QED) is 0.815. The van der Waals surface area contributed by atoms with E-state index < -0.39 is 0 Å². The lowest BCUT2D eigenvalue weighted by molar-refractivity contribution is 0.501. The minimum Gasteiger partial charge on any atom is -0.306 e. The van der Waals surface area contributed by atoms with Crippen LogP contribution in [0.4, 0.5) is 4.39 Å². The molecule has 2 rings (SSSR count). The van der Waals surface area contributed by atoms with Crippen molar-refractivity contribution < 1.29 is 4.39 Å². The predicted molar refractivity (Wildman–Crippen MR) is 64.1 cm³/mol. The number of thioether (sulfide) groups is 1. The summed E-state index contributed by atoms with van der Waals surface area (Å²) in [5.41, 5.74) is 1.07. The van der Waals surface area contributed by atoms with Gasteiger partial charge in [0.15, 0.2) is 0 Å². The van der Waals surface area contributed by atoms with E-state index in [0.717, 1.165) is 17.1 Å². The molecule has 0 aromatic heterocycles. The summed E-state index contributed by atoms with van der Waals surface area (Å²) in [6.07, 6.45) is 0. The monoisotopic (exact) mass is 245 g/mol. The molecule has 1 fully saturated rings. The Hall–Kier alpha value is -0.250. The second-order valence-electron chi connectivity index (χ2n) is 3.83. The Kier molecular flexibility index (Phi) is 3.54. The maximum absolute atomic E-state index is 13.0. The molecule has 0 amide bonds. The number of nitrogens with one attached hydrogen (secondary N) is 1. The third kappa shape index (κ3) is 2.65. The van der Waals surface area contributed by atoms with Gasteiger partial charge in [-0.25, -0.2) is 4.39 Å². The summed E-state index contributed by atoms with van der Waals surface area (Å²) in [5.74, 6) is 1.80. The Morgan fingerprint density at radius 2 is 2.27 bits per heavy atom. The average molecular weight is 246 g/mol. The van der Waals surface area contributed by atoms with E-state index in [0.29, 0.717) is 6.04 Å². The molecule has 1 aromatic rings. The fourth-order valence-corrected chi connectivity index (χ4v) is 3.02. The van der Waals surface area contributed by atoms with E-state index in [2.05, 4.69) is 12.2 Å². The molecule has 2 unspecified atom stereocenters. The first-order valence-electron chi connectivity index (χ1n) is 4.95. The first-order valence-corrected chi connectivity index (χ1v) is 6.49. The molecular formula is C11H13ClFNS. The van der Waals surface area contributed by atoms with Crippen molar-refractivity contribution in [3.63, 3.8) is 0 Å². The summed E-state index contributed by atoms with van der Waals surface area (Å²) in [6, 6.07) is 5.74. The van der Waals surface area contributed by atoms with Gasteiger partial charge < -0.3 is 5.32 Å². The van der Waals surface area contributed by atoms with E-state index in [1.807, 2.05) is 11.8 Å². The first-order chi connectivity index (χ1) is 7.16. The third-order valence-electron chi connectivity index (χ3n) is 2.48. The standard InChI is InChI=1S/C11H13ClFNS/c1-7-5-15-6-11(14-7)8-2-3-10(13)9(12)4-8/h2-4,7,11,14H,5-6H2,1H3. The van der Waals surface area contributed by atoms with Crippen molar-refractivity contribution in [1.82, 2.24) is 5.32 Å². The highest BCUT2D eigenvalue weighted by Crippen LogP contribution is 2.27. The molecule has 4 heteroatoms. The van der Waals surface area contributed by atoms with Crippen LogP contribution < -0.4 is 5.32 Å². The summed E-state index contributed by atoms with van der Waals surface area (Å²) in [7, 11) is 0. The van der Waals surface area contributed by atoms with Crippen LogP contribution in [0, 0.1) is 5.82 Å². The van der Waals surface area contributed by atoms with Crippen LogP contribution in [0.15, 0.2) is 18.2 Å². The maximum atomic E-state index is 13.0. The molecule has 1 aliphatic heterocycles.